The quantitative estimate of drug-likeness (QED) is 0.519. The Hall–Kier alpha value is -4.21. The van der Waals surface area contributed by atoms with Crippen LogP contribution in [0.15, 0.2) is 54.0 Å². The van der Waals surface area contributed by atoms with Gasteiger partial charge in [0.05, 0.1) is 39.2 Å². The number of carbonyl (C=O) groups excluding carboxylic acids is 1. The monoisotopic (exact) mass is 465 g/mol. The van der Waals surface area contributed by atoms with Gasteiger partial charge in [-0.2, -0.15) is 10.1 Å². The lowest BCUT2D eigenvalue weighted by Gasteiger charge is -2.30. The van der Waals surface area contributed by atoms with Crippen molar-refractivity contribution in [1.82, 2.24) is 14.8 Å². The summed E-state index contributed by atoms with van der Waals surface area (Å²) in [6, 6.07) is 10.2. The van der Waals surface area contributed by atoms with Gasteiger partial charge in [0.1, 0.15) is 23.9 Å². The van der Waals surface area contributed by atoms with E-state index in [4.69, 9.17) is 18.9 Å². The van der Waals surface area contributed by atoms with Gasteiger partial charge < -0.3 is 29.6 Å². The number of benzene rings is 2. The van der Waals surface area contributed by atoms with Crippen LogP contribution in [-0.4, -0.2) is 48.6 Å². The summed E-state index contributed by atoms with van der Waals surface area (Å²) in [6.07, 6.45) is 1.43. The lowest BCUT2D eigenvalue weighted by Crippen LogP contribution is -2.32. The number of methoxy groups -OCH3 is 3. The first kappa shape index (κ1) is 23.0. The summed E-state index contributed by atoms with van der Waals surface area (Å²) in [4.78, 5) is 18.0. The molecular weight excluding hydrogens is 438 g/mol. The van der Waals surface area contributed by atoms with E-state index in [-0.39, 0.29) is 5.91 Å². The molecule has 2 N–H and O–H groups in total. The Labute approximate surface area is 197 Å². The predicted molar refractivity (Wildman–Crippen MR) is 127 cm³/mol. The first-order chi connectivity index (χ1) is 16.5. The smallest absolute Gasteiger partial charge is 0.255 e. The summed E-state index contributed by atoms with van der Waals surface area (Å²) in [5, 5.41) is 10.5. The number of fused-ring (bicyclic) bond motifs is 1. The second-order valence-corrected chi connectivity index (χ2v) is 7.43. The maximum Gasteiger partial charge on any atom is 0.255 e. The number of para-hydroxylation sites is 2. The average Bonchev–Trinajstić information content (AvgIpc) is 3.31. The molecule has 10 nitrogen and oxygen atoms in total. The van der Waals surface area contributed by atoms with Crippen molar-refractivity contribution in [3.63, 3.8) is 0 Å². The summed E-state index contributed by atoms with van der Waals surface area (Å²) in [5.41, 5.74) is 2.30. The molecule has 4 rings (SSSR count). The molecule has 178 valence electrons. The van der Waals surface area contributed by atoms with E-state index in [0.717, 1.165) is 0 Å². The topological polar surface area (TPSA) is 109 Å². The summed E-state index contributed by atoms with van der Waals surface area (Å²) in [7, 11) is 4.66. The standard InChI is InChI=1S/C24H27N5O5/c1-6-34-17-10-8-7-9-16(17)28-23(30)21-14(2)27-24-25-13-26-29(24)22(21)15-11-19(32-4)20(33-5)12-18(15)31-3/h7-13,22H,6H2,1-5H3,(H,28,30)(H,25,26,27)/t22-/m1/s1. The van der Waals surface area contributed by atoms with E-state index in [0.29, 0.717) is 58.1 Å². The maximum atomic E-state index is 13.7. The Morgan fingerprint density at radius 1 is 1.06 bits per heavy atom. The molecule has 0 saturated carbocycles. The van der Waals surface area contributed by atoms with Crippen LogP contribution in [0.5, 0.6) is 23.0 Å². The minimum atomic E-state index is -0.646. The van der Waals surface area contributed by atoms with E-state index in [9.17, 15) is 4.79 Å². The van der Waals surface area contributed by atoms with Gasteiger partial charge >= 0.3 is 0 Å². The Balaban J connectivity index is 1.84. The summed E-state index contributed by atoms with van der Waals surface area (Å²) >= 11 is 0. The first-order valence-corrected chi connectivity index (χ1v) is 10.7. The van der Waals surface area contributed by atoms with Gasteiger partial charge in [0.25, 0.3) is 5.91 Å². The minimum absolute atomic E-state index is 0.319. The molecular formula is C24H27N5O5. The van der Waals surface area contributed by atoms with Gasteiger partial charge in [-0.25, -0.2) is 4.68 Å². The fourth-order valence-corrected chi connectivity index (χ4v) is 3.98. The molecule has 1 aliphatic heterocycles. The van der Waals surface area contributed by atoms with Crippen LogP contribution < -0.4 is 29.6 Å². The second-order valence-electron chi connectivity index (χ2n) is 7.43. The fourth-order valence-electron chi connectivity index (χ4n) is 3.98. The molecule has 1 amide bonds. The zero-order valence-electron chi connectivity index (χ0n) is 19.7. The fraction of sp³-hybridized carbons (Fsp3) is 0.292. The highest BCUT2D eigenvalue weighted by Gasteiger charge is 2.36. The third kappa shape index (κ3) is 4.09. The highest BCUT2D eigenvalue weighted by Crippen LogP contribution is 2.44. The molecule has 0 spiro atoms. The SMILES string of the molecule is CCOc1ccccc1NC(=O)C1=C(C)Nc2ncnn2[C@@H]1c1cc(OC)c(OC)cc1OC. The molecule has 0 unspecified atom stereocenters. The summed E-state index contributed by atoms with van der Waals surface area (Å²) < 4.78 is 23.9. The molecule has 10 heteroatoms. The third-order valence-corrected chi connectivity index (χ3v) is 5.50. The predicted octanol–water partition coefficient (Wildman–Crippen LogP) is 3.63. The van der Waals surface area contributed by atoms with Crippen molar-refractivity contribution in [2.24, 2.45) is 0 Å². The van der Waals surface area contributed by atoms with E-state index in [2.05, 4.69) is 20.7 Å². The number of anilines is 2. The highest BCUT2D eigenvalue weighted by molar-refractivity contribution is 6.06. The molecule has 3 aromatic rings. The molecule has 1 aromatic heterocycles. The number of carbonyl (C=O) groups is 1. The number of amides is 1. The number of hydrogen-bond donors (Lipinski definition) is 2. The zero-order chi connectivity index (χ0) is 24.2. The van der Waals surface area contributed by atoms with Crippen molar-refractivity contribution in [3.8, 4) is 23.0 Å². The zero-order valence-corrected chi connectivity index (χ0v) is 19.7. The molecule has 0 aliphatic carbocycles. The Morgan fingerprint density at radius 2 is 1.76 bits per heavy atom. The number of rotatable bonds is 8. The molecule has 1 aliphatic rings. The summed E-state index contributed by atoms with van der Waals surface area (Å²) in [5.74, 6) is 2.29. The van der Waals surface area contributed by atoms with E-state index < -0.39 is 6.04 Å². The van der Waals surface area contributed by atoms with Crippen LogP contribution >= 0.6 is 0 Å². The lowest BCUT2D eigenvalue weighted by atomic mass is 9.93. The summed E-state index contributed by atoms with van der Waals surface area (Å²) in [6.45, 7) is 4.19. The third-order valence-electron chi connectivity index (χ3n) is 5.50. The van der Waals surface area contributed by atoms with Crippen molar-refractivity contribution >= 4 is 17.5 Å². The van der Waals surface area contributed by atoms with Crippen LogP contribution in [0.25, 0.3) is 0 Å². The molecule has 0 saturated heterocycles. The van der Waals surface area contributed by atoms with Gasteiger partial charge in [-0.05, 0) is 32.0 Å². The van der Waals surface area contributed by atoms with Crippen LogP contribution in [-0.2, 0) is 4.79 Å². The molecule has 1 atom stereocenters. The van der Waals surface area contributed by atoms with Crippen molar-refractivity contribution in [2.75, 3.05) is 38.6 Å². The van der Waals surface area contributed by atoms with Crippen molar-refractivity contribution in [3.05, 3.63) is 59.6 Å². The molecule has 2 aromatic carbocycles. The number of ether oxygens (including phenoxy) is 4. The highest BCUT2D eigenvalue weighted by atomic mass is 16.5. The van der Waals surface area contributed by atoms with Crippen LogP contribution in [0.1, 0.15) is 25.5 Å². The molecule has 34 heavy (non-hydrogen) atoms. The van der Waals surface area contributed by atoms with Crippen LogP contribution in [0.2, 0.25) is 0 Å². The van der Waals surface area contributed by atoms with Crippen molar-refractivity contribution < 1.29 is 23.7 Å². The van der Waals surface area contributed by atoms with Gasteiger partial charge in [0.15, 0.2) is 11.5 Å². The van der Waals surface area contributed by atoms with Crippen molar-refractivity contribution in [2.45, 2.75) is 19.9 Å². The second kappa shape index (κ2) is 9.74. The van der Waals surface area contributed by atoms with E-state index in [1.165, 1.54) is 6.33 Å². The Kier molecular flexibility index (Phi) is 6.58. The number of allylic oxidation sites excluding steroid dienone is 1. The molecule has 2 heterocycles. The minimum Gasteiger partial charge on any atom is -0.496 e. The molecule has 0 bridgehead atoms. The van der Waals surface area contributed by atoms with E-state index >= 15 is 0 Å². The van der Waals surface area contributed by atoms with E-state index in [1.54, 1.807) is 44.2 Å². The van der Waals surface area contributed by atoms with Crippen molar-refractivity contribution in [1.29, 1.82) is 0 Å². The van der Waals surface area contributed by atoms with Gasteiger partial charge in [0.2, 0.25) is 5.95 Å². The number of nitrogens with one attached hydrogen (secondary N) is 2. The number of hydrogen-bond acceptors (Lipinski definition) is 8. The van der Waals surface area contributed by atoms with Gasteiger partial charge in [-0.1, -0.05) is 12.1 Å². The first-order valence-electron chi connectivity index (χ1n) is 10.7. The van der Waals surface area contributed by atoms with Crippen LogP contribution in [0.4, 0.5) is 11.6 Å². The normalized spacial score (nSPS) is 14.7. The number of nitrogens with zero attached hydrogens (tertiary/aromatic N) is 3. The maximum absolute atomic E-state index is 13.7. The van der Waals surface area contributed by atoms with Gasteiger partial charge in [-0.3, -0.25) is 4.79 Å². The molecule has 0 radical (unpaired) electrons. The van der Waals surface area contributed by atoms with Crippen LogP contribution in [0.3, 0.4) is 0 Å². The number of aromatic nitrogens is 3. The van der Waals surface area contributed by atoms with Crippen LogP contribution in [0, 0.1) is 0 Å². The van der Waals surface area contributed by atoms with Gasteiger partial charge in [0, 0.05) is 17.3 Å². The van der Waals surface area contributed by atoms with E-state index in [1.807, 2.05) is 32.0 Å². The molecule has 0 fully saturated rings. The Morgan fingerprint density at radius 3 is 2.47 bits per heavy atom. The lowest BCUT2D eigenvalue weighted by molar-refractivity contribution is -0.113. The largest absolute Gasteiger partial charge is 0.496 e. The van der Waals surface area contributed by atoms with Gasteiger partial charge in [-0.15, -0.1) is 0 Å². The average molecular weight is 466 g/mol. The Bertz CT molecular complexity index is 1240.